The molecule has 9 nitrogen and oxygen atoms in total. The molecule has 2 aromatic carbocycles. The summed E-state index contributed by atoms with van der Waals surface area (Å²) in [7, 11) is 0. The first-order valence-corrected chi connectivity index (χ1v) is 14.7. The van der Waals surface area contributed by atoms with Crippen molar-refractivity contribution in [3.63, 3.8) is 0 Å². The van der Waals surface area contributed by atoms with E-state index in [1.54, 1.807) is 46.6 Å². The SMILES string of the molecule is N#Cc1cccc(NC(=O)N2CCC[C@@H]2c2cccc(C(=O)Nc3nc4c(s3)CC(N3CCOCC3)CC4)c2)c1. The van der Waals surface area contributed by atoms with Gasteiger partial charge in [-0.1, -0.05) is 18.2 Å². The number of morpholine rings is 1. The number of nitrogens with one attached hydrogen (secondary N) is 2. The van der Waals surface area contributed by atoms with Crippen LogP contribution in [0.5, 0.6) is 0 Å². The number of carbonyl (C=O) groups excluding carboxylic acids is 2. The molecule has 10 heteroatoms. The molecule has 2 saturated heterocycles. The van der Waals surface area contributed by atoms with E-state index in [1.165, 1.54) is 4.88 Å². The monoisotopic (exact) mass is 556 g/mol. The van der Waals surface area contributed by atoms with Crippen molar-refractivity contribution in [1.29, 1.82) is 5.26 Å². The summed E-state index contributed by atoms with van der Waals surface area (Å²) in [6.45, 7) is 4.18. The predicted octanol–water partition coefficient (Wildman–Crippen LogP) is 4.83. The number of aromatic nitrogens is 1. The van der Waals surface area contributed by atoms with Gasteiger partial charge in [-0.25, -0.2) is 9.78 Å². The lowest BCUT2D eigenvalue weighted by Crippen LogP contribution is -2.45. The van der Waals surface area contributed by atoms with Gasteiger partial charge in [0, 0.05) is 41.8 Å². The number of amides is 3. The Kier molecular flexibility index (Phi) is 7.77. The number of hydrogen-bond acceptors (Lipinski definition) is 7. The maximum atomic E-state index is 13.2. The zero-order valence-electron chi connectivity index (χ0n) is 22.3. The van der Waals surface area contributed by atoms with Crippen molar-refractivity contribution in [3.05, 3.63) is 75.8 Å². The average Bonchev–Trinajstić information content (AvgIpc) is 3.64. The molecule has 2 aliphatic heterocycles. The zero-order valence-corrected chi connectivity index (χ0v) is 23.1. The van der Waals surface area contributed by atoms with Crippen LogP contribution in [0.1, 0.15) is 57.4 Å². The summed E-state index contributed by atoms with van der Waals surface area (Å²) < 4.78 is 5.51. The molecular weight excluding hydrogens is 524 g/mol. The van der Waals surface area contributed by atoms with Gasteiger partial charge in [0.15, 0.2) is 5.13 Å². The summed E-state index contributed by atoms with van der Waals surface area (Å²) in [6, 6.07) is 16.7. The molecule has 40 heavy (non-hydrogen) atoms. The lowest BCUT2D eigenvalue weighted by Gasteiger charge is -2.36. The van der Waals surface area contributed by atoms with E-state index in [9.17, 15) is 9.59 Å². The van der Waals surface area contributed by atoms with E-state index < -0.39 is 0 Å². The normalized spacial score (nSPS) is 20.9. The Morgan fingerprint density at radius 1 is 1.05 bits per heavy atom. The fourth-order valence-corrected chi connectivity index (χ4v) is 7.01. The Bertz CT molecular complexity index is 1440. The van der Waals surface area contributed by atoms with Gasteiger partial charge in [-0.15, -0.1) is 11.3 Å². The number of fused-ring (bicyclic) bond motifs is 1. The lowest BCUT2D eigenvalue weighted by atomic mass is 9.96. The van der Waals surface area contributed by atoms with Crippen molar-refractivity contribution >= 4 is 34.1 Å². The summed E-state index contributed by atoms with van der Waals surface area (Å²) in [5.41, 5.74) is 3.66. The average molecular weight is 557 g/mol. The van der Waals surface area contributed by atoms with Gasteiger partial charge in [-0.2, -0.15) is 5.26 Å². The van der Waals surface area contributed by atoms with Gasteiger partial charge in [0.2, 0.25) is 0 Å². The number of hydrogen-bond donors (Lipinski definition) is 2. The summed E-state index contributed by atoms with van der Waals surface area (Å²) in [5, 5.41) is 15.7. The second-order valence-corrected chi connectivity index (χ2v) is 11.6. The van der Waals surface area contributed by atoms with Crippen LogP contribution in [0.15, 0.2) is 48.5 Å². The second-order valence-electron chi connectivity index (χ2n) is 10.5. The molecule has 1 aliphatic carbocycles. The molecule has 3 amide bonds. The minimum atomic E-state index is -0.212. The topological polar surface area (TPSA) is 111 Å². The zero-order chi connectivity index (χ0) is 27.5. The highest BCUT2D eigenvalue weighted by atomic mass is 32.1. The Balaban J connectivity index is 1.11. The highest BCUT2D eigenvalue weighted by molar-refractivity contribution is 7.15. The van der Waals surface area contributed by atoms with Crippen LogP contribution in [-0.4, -0.2) is 65.6 Å². The lowest BCUT2D eigenvalue weighted by molar-refractivity contribution is 0.0139. The smallest absolute Gasteiger partial charge is 0.322 e. The quantitative estimate of drug-likeness (QED) is 0.466. The highest BCUT2D eigenvalue weighted by Gasteiger charge is 2.31. The molecule has 3 aromatic rings. The number of benzene rings is 2. The van der Waals surface area contributed by atoms with Crippen molar-refractivity contribution in [3.8, 4) is 6.07 Å². The molecular formula is C30H32N6O3S. The predicted molar refractivity (Wildman–Crippen MR) is 154 cm³/mol. The molecule has 2 N–H and O–H groups in total. The number of anilines is 2. The number of thiazole rings is 1. The number of ether oxygens (including phenoxy) is 1. The first-order valence-electron chi connectivity index (χ1n) is 13.9. The van der Waals surface area contributed by atoms with E-state index in [4.69, 9.17) is 15.0 Å². The first-order chi connectivity index (χ1) is 19.6. The third-order valence-corrected chi connectivity index (χ3v) is 9.02. The molecule has 2 atom stereocenters. The van der Waals surface area contributed by atoms with Crippen LogP contribution < -0.4 is 10.6 Å². The Labute approximate surface area is 237 Å². The van der Waals surface area contributed by atoms with E-state index in [2.05, 4.69) is 21.6 Å². The summed E-state index contributed by atoms with van der Waals surface area (Å²) in [6.07, 6.45) is 4.68. The third kappa shape index (κ3) is 5.72. The molecule has 1 aromatic heterocycles. The van der Waals surface area contributed by atoms with E-state index in [1.807, 2.05) is 18.2 Å². The summed E-state index contributed by atoms with van der Waals surface area (Å²) in [4.78, 5) is 36.7. The number of nitriles is 1. The highest BCUT2D eigenvalue weighted by Crippen LogP contribution is 2.34. The molecule has 0 radical (unpaired) electrons. The van der Waals surface area contributed by atoms with Crippen LogP contribution in [0.3, 0.4) is 0 Å². The van der Waals surface area contributed by atoms with Crippen LogP contribution in [0.2, 0.25) is 0 Å². The molecule has 206 valence electrons. The van der Waals surface area contributed by atoms with Crippen LogP contribution >= 0.6 is 11.3 Å². The standard InChI is InChI=1S/C30H32N6O3S/c31-19-20-4-1-7-23(16-20)32-30(38)36-11-3-8-26(36)21-5-2-6-22(17-21)28(37)34-29-33-25-10-9-24(18-27(25)40-29)35-12-14-39-15-13-35/h1-2,4-7,16-17,24,26H,3,8-15,18H2,(H,32,38)(H,33,34,37)/t24?,26-/m1/s1. The van der Waals surface area contributed by atoms with Gasteiger partial charge >= 0.3 is 6.03 Å². The second kappa shape index (κ2) is 11.8. The maximum Gasteiger partial charge on any atom is 0.322 e. The first kappa shape index (κ1) is 26.4. The number of nitrogens with zero attached hydrogens (tertiary/aromatic N) is 4. The third-order valence-electron chi connectivity index (χ3n) is 7.99. The van der Waals surface area contributed by atoms with Crippen molar-refractivity contribution < 1.29 is 14.3 Å². The molecule has 1 unspecified atom stereocenters. The van der Waals surface area contributed by atoms with E-state index in [-0.39, 0.29) is 18.0 Å². The number of likely N-dealkylation sites (tertiary alicyclic amines) is 1. The fourth-order valence-electron chi connectivity index (χ4n) is 5.94. The van der Waals surface area contributed by atoms with Crippen molar-refractivity contribution in [2.45, 2.75) is 44.2 Å². The number of carbonyl (C=O) groups is 2. The number of aryl methyl sites for hydroxylation is 1. The Morgan fingerprint density at radius 3 is 2.75 bits per heavy atom. The van der Waals surface area contributed by atoms with Crippen molar-refractivity contribution in [2.24, 2.45) is 0 Å². The molecule has 3 aliphatic rings. The van der Waals surface area contributed by atoms with Gasteiger partial charge in [-0.3, -0.25) is 15.0 Å². The molecule has 6 rings (SSSR count). The van der Waals surface area contributed by atoms with Gasteiger partial charge in [0.1, 0.15) is 0 Å². The maximum absolute atomic E-state index is 13.2. The largest absolute Gasteiger partial charge is 0.379 e. The Morgan fingerprint density at radius 2 is 1.90 bits per heavy atom. The van der Waals surface area contributed by atoms with Crippen LogP contribution in [0.25, 0.3) is 0 Å². The van der Waals surface area contributed by atoms with Crippen molar-refractivity contribution in [2.75, 3.05) is 43.5 Å². The van der Waals surface area contributed by atoms with Crippen LogP contribution in [-0.2, 0) is 17.6 Å². The molecule has 3 heterocycles. The van der Waals surface area contributed by atoms with Gasteiger partial charge in [0.25, 0.3) is 5.91 Å². The molecule has 0 spiro atoms. The molecule has 0 saturated carbocycles. The summed E-state index contributed by atoms with van der Waals surface area (Å²) >= 11 is 1.58. The fraction of sp³-hybridized carbons (Fsp3) is 0.400. The minimum absolute atomic E-state index is 0.129. The van der Waals surface area contributed by atoms with E-state index in [0.29, 0.717) is 34.5 Å². The van der Waals surface area contributed by atoms with Gasteiger partial charge in [-0.05, 0) is 68.0 Å². The van der Waals surface area contributed by atoms with Crippen LogP contribution in [0.4, 0.5) is 15.6 Å². The Hall–Kier alpha value is -3.78. The van der Waals surface area contributed by atoms with E-state index in [0.717, 1.165) is 69.7 Å². The molecule has 0 bridgehead atoms. The van der Waals surface area contributed by atoms with Gasteiger partial charge in [0.05, 0.1) is 36.6 Å². The number of rotatable bonds is 5. The number of urea groups is 1. The minimum Gasteiger partial charge on any atom is -0.379 e. The molecule has 2 fully saturated rings. The van der Waals surface area contributed by atoms with Crippen LogP contribution in [0, 0.1) is 11.3 Å². The van der Waals surface area contributed by atoms with E-state index >= 15 is 0 Å². The van der Waals surface area contributed by atoms with Gasteiger partial charge < -0.3 is 15.0 Å². The van der Waals surface area contributed by atoms with Crippen molar-refractivity contribution in [1.82, 2.24) is 14.8 Å². The summed E-state index contributed by atoms with van der Waals surface area (Å²) in [5.74, 6) is -0.194.